The summed E-state index contributed by atoms with van der Waals surface area (Å²) in [5.41, 5.74) is 2.65. The highest BCUT2D eigenvalue weighted by molar-refractivity contribution is 5.33. The van der Waals surface area contributed by atoms with Gasteiger partial charge in [-0.05, 0) is 74.8 Å². The van der Waals surface area contributed by atoms with Gasteiger partial charge in [-0.15, -0.1) is 0 Å². The molecule has 0 unspecified atom stereocenters. The molecule has 0 atom stereocenters. The van der Waals surface area contributed by atoms with Crippen molar-refractivity contribution in [2.45, 2.75) is 138 Å². The van der Waals surface area contributed by atoms with Gasteiger partial charge in [-0.2, -0.15) is 0 Å². The molecule has 1 aliphatic heterocycles. The van der Waals surface area contributed by atoms with Gasteiger partial charge in [-0.25, -0.2) is 0 Å². The summed E-state index contributed by atoms with van der Waals surface area (Å²) in [4.78, 5) is 2.67. The molecule has 0 aliphatic carbocycles. The van der Waals surface area contributed by atoms with Crippen LogP contribution in [0.15, 0.2) is 24.3 Å². The monoisotopic (exact) mass is 471 g/mol. The fourth-order valence-corrected chi connectivity index (χ4v) is 4.99. The van der Waals surface area contributed by atoms with E-state index >= 15 is 0 Å². The normalized spacial score (nSPS) is 18.2. The van der Waals surface area contributed by atoms with Gasteiger partial charge < -0.3 is 4.74 Å². The average molecular weight is 472 g/mol. The number of rotatable bonds is 7. The molecule has 34 heavy (non-hydrogen) atoms. The lowest BCUT2D eigenvalue weighted by molar-refractivity contribution is -0.227. The molecule has 0 aromatic heterocycles. The minimum atomic E-state index is -0.328. The molecule has 1 saturated heterocycles. The summed E-state index contributed by atoms with van der Waals surface area (Å²) >= 11 is 0. The zero-order chi connectivity index (χ0) is 26.8. The van der Waals surface area contributed by atoms with Crippen LogP contribution < -0.4 is 0 Å². The maximum Gasteiger partial charge on any atom is 0.0724 e. The van der Waals surface area contributed by atoms with Crippen LogP contribution in [0.1, 0.15) is 122 Å². The van der Waals surface area contributed by atoms with E-state index in [4.69, 9.17) is 4.74 Å². The van der Waals surface area contributed by atoms with Crippen molar-refractivity contribution in [1.29, 1.82) is 0 Å². The lowest BCUT2D eigenvalue weighted by atomic mass is 9.62. The minimum Gasteiger partial charge on any atom is -0.368 e. The Bertz CT molecular complexity index is 834. The molecule has 0 spiro atoms. The highest BCUT2D eigenvalue weighted by Gasteiger charge is 2.55. The molecule has 1 aliphatic rings. The number of benzene rings is 1. The molecule has 0 amide bonds. The first-order chi connectivity index (χ1) is 14.9. The number of nitrogens with zero attached hydrogens (tertiary/aromatic N) is 1. The Kier molecular flexibility index (Phi) is 7.44. The summed E-state index contributed by atoms with van der Waals surface area (Å²) in [6.07, 6.45) is 0. The average Bonchev–Trinajstić information content (AvgIpc) is 2.57. The molecule has 0 bridgehead atoms. The third-order valence-electron chi connectivity index (χ3n) is 10.6. The number of hydrogen-bond donors (Lipinski definition) is 0. The molecule has 2 rings (SSSR count). The Labute approximate surface area is 213 Å². The summed E-state index contributed by atoms with van der Waals surface area (Å²) in [5, 5.41) is 0. The van der Waals surface area contributed by atoms with Crippen LogP contribution in [0.5, 0.6) is 0 Å². The number of ether oxygens (including phenoxy) is 1. The highest BCUT2D eigenvalue weighted by atomic mass is 16.5. The standard InChI is InChI=1S/C32H57NO/c1-26(2,3)23-17-19-24(20-18-23)28(7,8)31(13,14)34-32(15,16)29(9,10)25-21-33(22-25)30(11,12)27(4,5)6/h17-20,25H,21-22H2,1-16H3. The Morgan fingerprint density at radius 1 is 0.618 bits per heavy atom. The molecule has 0 radical (unpaired) electrons. The predicted molar refractivity (Wildman–Crippen MR) is 150 cm³/mol. The molecule has 2 heteroatoms. The number of hydrogen-bond acceptors (Lipinski definition) is 2. The first-order valence-corrected chi connectivity index (χ1v) is 13.4. The highest BCUT2D eigenvalue weighted by Crippen LogP contribution is 2.51. The van der Waals surface area contributed by atoms with Gasteiger partial charge in [0.2, 0.25) is 0 Å². The van der Waals surface area contributed by atoms with E-state index in [1.807, 2.05) is 0 Å². The summed E-state index contributed by atoms with van der Waals surface area (Å²) in [6.45, 7) is 39.6. The third-order valence-corrected chi connectivity index (χ3v) is 10.6. The zero-order valence-corrected chi connectivity index (χ0v) is 25.7. The van der Waals surface area contributed by atoms with Crippen LogP contribution in [0.2, 0.25) is 0 Å². The maximum atomic E-state index is 7.13. The van der Waals surface area contributed by atoms with E-state index in [1.54, 1.807) is 0 Å². The molecule has 1 aromatic rings. The number of likely N-dealkylation sites (tertiary alicyclic amines) is 1. The first kappa shape index (κ1) is 29.4. The van der Waals surface area contributed by atoms with Crippen molar-refractivity contribution in [1.82, 2.24) is 4.90 Å². The van der Waals surface area contributed by atoms with Gasteiger partial charge in [0.1, 0.15) is 0 Å². The second-order valence-electron chi connectivity index (χ2n) is 15.7. The third kappa shape index (κ3) is 5.15. The zero-order valence-electron chi connectivity index (χ0n) is 25.7. The van der Waals surface area contributed by atoms with Crippen LogP contribution in [-0.4, -0.2) is 34.7 Å². The predicted octanol–water partition coefficient (Wildman–Crippen LogP) is 8.62. The van der Waals surface area contributed by atoms with E-state index in [1.165, 1.54) is 11.1 Å². The van der Waals surface area contributed by atoms with E-state index in [-0.39, 0.29) is 38.4 Å². The fourth-order valence-electron chi connectivity index (χ4n) is 4.99. The van der Waals surface area contributed by atoms with Crippen molar-refractivity contribution < 1.29 is 4.74 Å². The molecule has 196 valence electrons. The van der Waals surface area contributed by atoms with Crippen molar-refractivity contribution in [2.24, 2.45) is 16.7 Å². The summed E-state index contributed by atoms with van der Waals surface area (Å²) in [7, 11) is 0. The van der Waals surface area contributed by atoms with Gasteiger partial charge in [-0.1, -0.05) is 93.5 Å². The molecule has 1 aromatic carbocycles. The summed E-state index contributed by atoms with van der Waals surface area (Å²) in [5.74, 6) is 0.620. The second kappa shape index (κ2) is 8.62. The van der Waals surface area contributed by atoms with Gasteiger partial charge >= 0.3 is 0 Å². The van der Waals surface area contributed by atoms with Crippen LogP contribution >= 0.6 is 0 Å². The summed E-state index contributed by atoms with van der Waals surface area (Å²) < 4.78 is 7.13. The van der Waals surface area contributed by atoms with E-state index in [0.29, 0.717) is 5.92 Å². The van der Waals surface area contributed by atoms with E-state index < -0.39 is 0 Å². The van der Waals surface area contributed by atoms with Crippen LogP contribution in [0.4, 0.5) is 0 Å². The van der Waals surface area contributed by atoms with Gasteiger partial charge in [0.25, 0.3) is 0 Å². The van der Waals surface area contributed by atoms with Crippen LogP contribution in [0.3, 0.4) is 0 Å². The molecule has 1 heterocycles. The SMILES string of the molecule is CC(C)(C)c1ccc(C(C)(C)C(C)(C)OC(C)(C)C(C)(C)C2CN(C(C)(C)C(C)(C)C)C2)cc1. The molecule has 1 fully saturated rings. The van der Waals surface area contributed by atoms with Crippen molar-refractivity contribution in [3.8, 4) is 0 Å². The quantitative estimate of drug-likeness (QED) is 0.394. The Hall–Kier alpha value is -0.860. The largest absolute Gasteiger partial charge is 0.368 e. The van der Waals surface area contributed by atoms with Crippen LogP contribution in [-0.2, 0) is 15.6 Å². The van der Waals surface area contributed by atoms with Crippen molar-refractivity contribution in [2.75, 3.05) is 13.1 Å². The van der Waals surface area contributed by atoms with Gasteiger partial charge in [0.15, 0.2) is 0 Å². The Morgan fingerprint density at radius 3 is 1.41 bits per heavy atom. The molecular formula is C32H57NO. The van der Waals surface area contributed by atoms with E-state index in [0.717, 1.165) is 13.1 Å². The lowest BCUT2D eigenvalue weighted by Crippen LogP contribution is -2.68. The fraction of sp³-hybridized carbons (Fsp3) is 0.812. The second-order valence-corrected chi connectivity index (χ2v) is 15.7. The molecule has 0 N–H and O–H groups in total. The van der Waals surface area contributed by atoms with E-state index in [2.05, 4.69) is 140 Å². The van der Waals surface area contributed by atoms with Crippen molar-refractivity contribution >= 4 is 0 Å². The van der Waals surface area contributed by atoms with Gasteiger partial charge in [-0.3, -0.25) is 4.90 Å². The smallest absolute Gasteiger partial charge is 0.0724 e. The van der Waals surface area contributed by atoms with E-state index in [9.17, 15) is 0 Å². The lowest BCUT2D eigenvalue weighted by Gasteiger charge is -2.62. The molecule has 2 nitrogen and oxygen atoms in total. The molecule has 0 saturated carbocycles. The van der Waals surface area contributed by atoms with Crippen molar-refractivity contribution in [3.63, 3.8) is 0 Å². The summed E-state index contributed by atoms with van der Waals surface area (Å²) in [6, 6.07) is 9.20. The minimum absolute atomic E-state index is 0.0565. The Morgan fingerprint density at radius 2 is 1.03 bits per heavy atom. The van der Waals surface area contributed by atoms with Crippen LogP contribution in [0, 0.1) is 16.7 Å². The van der Waals surface area contributed by atoms with Crippen molar-refractivity contribution in [3.05, 3.63) is 35.4 Å². The molecular weight excluding hydrogens is 414 g/mol. The van der Waals surface area contributed by atoms with Gasteiger partial charge in [0.05, 0.1) is 11.2 Å². The maximum absolute atomic E-state index is 7.13. The topological polar surface area (TPSA) is 12.5 Å². The Balaban J connectivity index is 2.21. The van der Waals surface area contributed by atoms with Gasteiger partial charge in [0, 0.05) is 24.0 Å². The van der Waals surface area contributed by atoms with Crippen LogP contribution in [0.25, 0.3) is 0 Å². The first-order valence-electron chi connectivity index (χ1n) is 13.4.